The number of anilines is 1. The van der Waals surface area contributed by atoms with Crippen LogP contribution in [0.5, 0.6) is 0 Å². The van der Waals surface area contributed by atoms with Gasteiger partial charge in [0.05, 0.1) is 6.54 Å². The first-order valence-electron chi connectivity index (χ1n) is 5.90. The van der Waals surface area contributed by atoms with Gasteiger partial charge in [-0.05, 0) is 24.5 Å². The van der Waals surface area contributed by atoms with Crippen molar-refractivity contribution in [2.24, 2.45) is 5.73 Å². The van der Waals surface area contributed by atoms with Crippen LogP contribution < -0.4 is 11.1 Å². The van der Waals surface area contributed by atoms with Crippen LogP contribution in [-0.2, 0) is 6.54 Å². The van der Waals surface area contributed by atoms with Gasteiger partial charge >= 0.3 is 0 Å². The summed E-state index contributed by atoms with van der Waals surface area (Å²) in [6.45, 7) is 1.57. The summed E-state index contributed by atoms with van der Waals surface area (Å²) in [4.78, 5) is 1.52. The largest absolute Gasteiger partial charge is 0.389 e. The molecule has 0 bridgehead atoms. The van der Waals surface area contributed by atoms with E-state index < -0.39 is 0 Å². The number of hydrogen-bond acceptors (Lipinski definition) is 4. The molecule has 0 spiro atoms. The molecule has 0 unspecified atom stereocenters. The molecule has 100 valence electrons. The molecular weight excluding hydrogens is 276 g/mol. The average Bonchev–Trinajstić information content (AvgIpc) is 2.91. The van der Waals surface area contributed by atoms with E-state index in [-0.39, 0.29) is 0 Å². The monoisotopic (exact) mass is 292 g/mol. The number of nitrogens with one attached hydrogen (secondary N) is 1. The van der Waals surface area contributed by atoms with Crippen molar-refractivity contribution in [2.45, 2.75) is 11.4 Å². The van der Waals surface area contributed by atoms with Crippen LogP contribution in [0.3, 0.4) is 0 Å². The van der Waals surface area contributed by atoms with Crippen molar-refractivity contribution >= 4 is 34.7 Å². The molecule has 0 aliphatic heterocycles. The SMILES string of the molecule is CSc1cccc(NCCn2cccn2)c1C(N)=S. The number of nitrogens with zero attached hydrogens (tertiary/aromatic N) is 2. The summed E-state index contributed by atoms with van der Waals surface area (Å²) < 4.78 is 1.88. The van der Waals surface area contributed by atoms with Crippen LogP contribution in [0.4, 0.5) is 5.69 Å². The third-order valence-electron chi connectivity index (χ3n) is 2.71. The summed E-state index contributed by atoms with van der Waals surface area (Å²) in [7, 11) is 0. The summed E-state index contributed by atoms with van der Waals surface area (Å²) in [6, 6.07) is 7.94. The molecule has 0 atom stereocenters. The Morgan fingerprint density at radius 1 is 1.47 bits per heavy atom. The van der Waals surface area contributed by atoms with Crippen LogP contribution >= 0.6 is 24.0 Å². The Bertz CT molecular complexity index is 552. The van der Waals surface area contributed by atoms with E-state index in [1.165, 1.54) is 0 Å². The smallest absolute Gasteiger partial charge is 0.107 e. The highest BCUT2D eigenvalue weighted by atomic mass is 32.2. The minimum Gasteiger partial charge on any atom is -0.389 e. The Hall–Kier alpha value is -1.53. The van der Waals surface area contributed by atoms with E-state index in [0.29, 0.717) is 4.99 Å². The number of thiocarbonyl (C=S) groups is 1. The molecule has 0 fully saturated rings. The molecule has 1 aromatic heterocycles. The molecule has 1 aromatic carbocycles. The molecule has 0 aliphatic carbocycles. The fourth-order valence-corrected chi connectivity index (χ4v) is 2.76. The van der Waals surface area contributed by atoms with Crippen molar-refractivity contribution in [3.63, 3.8) is 0 Å². The van der Waals surface area contributed by atoms with E-state index in [4.69, 9.17) is 18.0 Å². The van der Waals surface area contributed by atoms with Gasteiger partial charge in [0.1, 0.15) is 4.99 Å². The summed E-state index contributed by atoms with van der Waals surface area (Å²) in [5, 5.41) is 7.53. The highest BCUT2D eigenvalue weighted by molar-refractivity contribution is 7.98. The quantitative estimate of drug-likeness (QED) is 0.632. The topological polar surface area (TPSA) is 55.9 Å². The van der Waals surface area contributed by atoms with E-state index in [0.717, 1.165) is 29.2 Å². The molecule has 0 radical (unpaired) electrons. The second kappa shape index (κ2) is 6.58. The standard InChI is InChI=1S/C13H16N4S2/c1-19-11-5-2-4-10(12(11)13(14)18)15-7-9-17-8-3-6-16-17/h2-6,8,15H,7,9H2,1H3,(H2,14,18). The van der Waals surface area contributed by atoms with E-state index in [9.17, 15) is 0 Å². The van der Waals surface area contributed by atoms with Gasteiger partial charge < -0.3 is 11.1 Å². The third-order valence-corrected chi connectivity index (χ3v) is 3.69. The zero-order valence-electron chi connectivity index (χ0n) is 10.7. The fraction of sp³-hybridized carbons (Fsp3) is 0.231. The normalized spacial score (nSPS) is 10.4. The molecule has 0 aliphatic rings. The number of benzene rings is 1. The van der Waals surface area contributed by atoms with Crippen LogP contribution in [0.15, 0.2) is 41.6 Å². The van der Waals surface area contributed by atoms with Gasteiger partial charge in [0.15, 0.2) is 0 Å². The Kier molecular flexibility index (Phi) is 4.81. The second-order valence-corrected chi connectivity index (χ2v) is 5.23. The van der Waals surface area contributed by atoms with Crippen LogP contribution in [0, 0.1) is 0 Å². The van der Waals surface area contributed by atoms with Crippen molar-refractivity contribution in [3.8, 4) is 0 Å². The molecule has 3 N–H and O–H groups in total. The van der Waals surface area contributed by atoms with E-state index in [1.807, 2.05) is 41.4 Å². The zero-order chi connectivity index (χ0) is 13.7. The first-order valence-corrected chi connectivity index (χ1v) is 7.54. The molecule has 6 heteroatoms. The van der Waals surface area contributed by atoms with Crippen LogP contribution in [0.2, 0.25) is 0 Å². The van der Waals surface area contributed by atoms with Crippen molar-refractivity contribution < 1.29 is 0 Å². The van der Waals surface area contributed by atoms with Gasteiger partial charge in [-0.1, -0.05) is 18.3 Å². The van der Waals surface area contributed by atoms with Crippen molar-refractivity contribution in [1.82, 2.24) is 9.78 Å². The summed E-state index contributed by atoms with van der Waals surface area (Å²) in [5.41, 5.74) is 7.72. The van der Waals surface area contributed by atoms with Crippen molar-refractivity contribution in [3.05, 3.63) is 42.2 Å². The van der Waals surface area contributed by atoms with Gasteiger partial charge in [0.25, 0.3) is 0 Å². The Labute approximate surface area is 122 Å². The van der Waals surface area contributed by atoms with Gasteiger partial charge in [-0.25, -0.2) is 0 Å². The van der Waals surface area contributed by atoms with Gasteiger partial charge in [0, 0.05) is 35.1 Å². The highest BCUT2D eigenvalue weighted by Gasteiger charge is 2.09. The predicted molar refractivity (Wildman–Crippen MR) is 84.8 cm³/mol. The minimum absolute atomic E-state index is 0.423. The number of nitrogens with two attached hydrogens (primary N) is 1. The molecule has 1 heterocycles. The Morgan fingerprint density at radius 2 is 2.32 bits per heavy atom. The number of hydrogen-bond donors (Lipinski definition) is 2. The Morgan fingerprint density at radius 3 is 2.95 bits per heavy atom. The van der Waals surface area contributed by atoms with Gasteiger partial charge in [-0.2, -0.15) is 5.10 Å². The maximum Gasteiger partial charge on any atom is 0.107 e. The van der Waals surface area contributed by atoms with Gasteiger partial charge in [-0.15, -0.1) is 11.8 Å². The van der Waals surface area contributed by atoms with Crippen molar-refractivity contribution in [2.75, 3.05) is 18.1 Å². The van der Waals surface area contributed by atoms with E-state index in [2.05, 4.69) is 10.4 Å². The van der Waals surface area contributed by atoms with E-state index >= 15 is 0 Å². The Balaban J connectivity index is 2.09. The first kappa shape index (κ1) is 13.9. The number of thioether (sulfide) groups is 1. The summed E-state index contributed by atoms with van der Waals surface area (Å²) in [5.74, 6) is 0. The molecule has 0 saturated carbocycles. The molecule has 2 aromatic rings. The molecule has 0 amide bonds. The minimum atomic E-state index is 0.423. The zero-order valence-corrected chi connectivity index (χ0v) is 12.3. The van der Waals surface area contributed by atoms with Gasteiger partial charge in [-0.3, -0.25) is 4.68 Å². The molecule has 0 saturated heterocycles. The lowest BCUT2D eigenvalue weighted by molar-refractivity contribution is 0.638. The lowest BCUT2D eigenvalue weighted by atomic mass is 10.1. The first-order chi connectivity index (χ1) is 9.22. The summed E-state index contributed by atoms with van der Waals surface area (Å²) >= 11 is 6.78. The number of aromatic nitrogens is 2. The second-order valence-electron chi connectivity index (χ2n) is 3.94. The van der Waals surface area contributed by atoms with Crippen LogP contribution in [0.1, 0.15) is 5.56 Å². The predicted octanol–water partition coefficient (Wildman–Crippen LogP) is 2.35. The molecule has 19 heavy (non-hydrogen) atoms. The van der Waals surface area contributed by atoms with Crippen LogP contribution in [-0.4, -0.2) is 27.6 Å². The van der Waals surface area contributed by atoms with E-state index in [1.54, 1.807) is 18.0 Å². The average molecular weight is 292 g/mol. The summed E-state index contributed by atoms with van der Waals surface area (Å²) in [6.07, 6.45) is 5.73. The third kappa shape index (κ3) is 3.48. The highest BCUT2D eigenvalue weighted by Crippen LogP contribution is 2.26. The lowest BCUT2D eigenvalue weighted by Crippen LogP contribution is -2.17. The molecule has 4 nitrogen and oxygen atoms in total. The van der Waals surface area contributed by atoms with Gasteiger partial charge in [0.2, 0.25) is 0 Å². The van der Waals surface area contributed by atoms with Crippen LogP contribution in [0.25, 0.3) is 0 Å². The maximum absolute atomic E-state index is 5.82. The molecule has 2 rings (SSSR count). The van der Waals surface area contributed by atoms with Crippen molar-refractivity contribution in [1.29, 1.82) is 0 Å². The molecular formula is C13H16N4S2. The fourth-order valence-electron chi connectivity index (χ4n) is 1.84. The number of rotatable bonds is 6. The maximum atomic E-state index is 5.82. The lowest BCUT2D eigenvalue weighted by Gasteiger charge is -2.14.